The van der Waals surface area contributed by atoms with Crippen molar-refractivity contribution >= 4 is 17.5 Å². The lowest BCUT2D eigenvalue weighted by atomic mass is 10.0. The van der Waals surface area contributed by atoms with Crippen molar-refractivity contribution in [2.75, 3.05) is 38.0 Å². The van der Waals surface area contributed by atoms with E-state index in [0.717, 1.165) is 49.0 Å². The van der Waals surface area contributed by atoms with Gasteiger partial charge in [-0.2, -0.15) is 0 Å². The first-order valence-electron chi connectivity index (χ1n) is 9.33. The van der Waals surface area contributed by atoms with Gasteiger partial charge < -0.3 is 10.2 Å². The molecule has 0 atom stereocenters. The molecule has 0 saturated carbocycles. The molecule has 3 heterocycles. The molecule has 0 radical (unpaired) electrons. The molecule has 142 valence electrons. The average molecular weight is 368 g/mol. The predicted octanol–water partition coefficient (Wildman–Crippen LogP) is 0.777. The van der Waals surface area contributed by atoms with Crippen LogP contribution in [0.25, 0.3) is 5.69 Å². The Balaban J connectivity index is 1.39. The van der Waals surface area contributed by atoms with Crippen LogP contribution in [-0.4, -0.2) is 69.1 Å². The normalized spacial score (nSPS) is 16.6. The maximum atomic E-state index is 12.4. The molecule has 1 aromatic carbocycles. The lowest BCUT2D eigenvalue weighted by molar-refractivity contribution is -0.130. The number of carbonyl (C=O) groups is 2. The van der Waals surface area contributed by atoms with E-state index in [1.165, 1.54) is 5.56 Å². The summed E-state index contributed by atoms with van der Waals surface area (Å²) in [7, 11) is 0. The molecular weight excluding hydrogens is 344 g/mol. The maximum absolute atomic E-state index is 12.4. The molecule has 1 N–H and O–H groups in total. The molecular formula is C19H24N6O2. The zero-order valence-corrected chi connectivity index (χ0v) is 15.7. The summed E-state index contributed by atoms with van der Waals surface area (Å²) in [4.78, 5) is 27.7. The lowest BCUT2D eigenvalue weighted by Crippen LogP contribution is -2.49. The van der Waals surface area contributed by atoms with Crippen LogP contribution in [0.2, 0.25) is 0 Å². The number of benzene rings is 1. The fourth-order valence-electron chi connectivity index (χ4n) is 3.83. The van der Waals surface area contributed by atoms with Crippen molar-refractivity contribution in [2.24, 2.45) is 0 Å². The van der Waals surface area contributed by atoms with Gasteiger partial charge in [0.2, 0.25) is 11.8 Å². The molecule has 8 heteroatoms. The smallest absolute Gasteiger partial charge is 0.238 e. The zero-order valence-electron chi connectivity index (χ0n) is 15.7. The molecule has 4 rings (SSSR count). The van der Waals surface area contributed by atoms with Crippen LogP contribution in [0.4, 0.5) is 5.69 Å². The van der Waals surface area contributed by atoms with E-state index in [4.69, 9.17) is 0 Å². The largest absolute Gasteiger partial charge is 0.340 e. The first-order valence-corrected chi connectivity index (χ1v) is 9.33. The van der Waals surface area contributed by atoms with Crippen LogP contribution in [0.3, 0.4) is 0 Å². The number of aryl methyl sites for hydroxylation is 3. The summed E-state index contributed by atoms with van der Waals surface area (Å²) < 4.78 is 2.08. The minimum Gasteiger partial charge on any atom is -0.340 e. The van der Waals surface area contributed by atoms with Crippen molar-refractivity contribution in [3.63, 3.8) is 0 Å². The molecule has 0 spiro atoms. The third-order valence-corrected chi connectivity index (χ3v) is 5.30. The van der Waals surface area contributed by atoms with E-state index in [2.05, 4.69) is 25.0 Å². The van der Waals surface area contributed by atoms with Crippen LogP contribution in [0.15, 0.2) is 18.2 Å². The summed E-state index contributed by atoms with van der Waals surface area (Å²) >= 11 is 0. The van der Waals surface area contributed by atoms with Gasteiger partial charge in [0, 0.05) is 45.2 Å². The van der Waals surface area contributed by atoms with E-state index < -0.39 is 0 Å². The van der Waals surface area contributed by atoms with Gasteiger partial charge in [-0.25, -0.2) is 0 Å². The number of amides is 2. The highest BCUT2D eigenvalue weighted by atomic mass is 16.2. The molecule has 2 aliphatic rings. The number of anilines is 1. The number of nitrogens with one attached hydrogen (secondary N) is 1. The number of hydrogen-bond donors (Lipinski definition) is 1. The van der Waals surface area contributed by atoms with Crippen LogP contribution < -0.4 is 5.32 Å². The van der Waals surface area contributed by atoms with Crippen molar-refractivity contribution < 1.29 is 9.59 Å². The topological polar surface area (TPSA) is 83.4 Å². The molecule has 8 nitrogen and oxygen atoms in total. The Morgan fingerprint density at radius 2 is 1.89 bits per heavy atom. The van der Waals surface area contributed by atoms with Crippen molar-refractivity contribution in [2.45, 2.75) is 26.7 Å². The van der Waals surface area contributed by atoms with Crippen molar-refractivity contribution in [1.29, 1.82) is 0 Å². The van der Waals surface area contributed by atoms with Gasteiger partial charge in [0.05, 0.1) is 12.2 Å². The molecule has 0 aliphatic carbocycles. The van der Waals surface area contributed by atoms with Gasteiger partial charge in [-0.05, 0) is 37.1 Å². The number of rotatable bonds is 3. The summed E-state index contributed by atoms with van der Waals surface area (Å²) in [5, 5.41) is 11.4. The standard InChI is InChI=1S/C19H24N6O2/c1-13-21-22-18-6-3-15-11-16(4-5-17(15)25(13)18)20-19(27)12-23-7-9-24(10-8-23)14(2)26/h4-5,11H,3,6-10,12H2,1-2H3,(H,20,27). The molecule has 0 bridgehead atoms. The van der Waals surface area contributed by atoms with Crippen LogP contribution in [0, 0.1) is 6.92 Å². The molecule has 1 saturated heterocycles. The van der Waals surface area contributed by atoms with E-state index in [1.54, 1.807) is 6.92 Å². The highest BCUT2D eigenvalue weighted by Gasteiger charge is 2.22. The Morgan fingerprint density at radius 3 is 2.63 bits per heavy atom. The van der Waals surface area contributed by atoms with E-state index in [1.807, 2.05) is 30.0 Å². The number of hydrogen-bond acceptors (Lipinski definition) is 5. The first kappa shape index (κ1) is 17.7. The van der Waals surface area contributed by atoms with Crippen LogP contribution in [0.1, 0.15) is 24.1 Å². The molecule has 27 heavy (non-hydrogen) atoms. The zero-order chi connectivity index (χ0) is 19.0. The van der Waals surface area contributed by atoms with Gasteiger partial charge in [0.1, 0.15) is 11.6 Å². The van der Waals surface area contributed by atoms with E-state index in [-0.39, 0.29) is 11.8 Å². The monoisotopic (exact) mass is 368 g/mol. The highest BCUT2D eigenvalue weighted by Crippen LogP contribution is 2.27. The molecule has 2 amide bonds. The second-order valence-corrected chi connectivity index (χ2v) is 7.17. The first-order chi connectivity index (χ1) is 13.0. The summed E-state index contributed by atoms with van der Waals surface area (Å²) in [6.07, 6.45) is 1.75. The lowest BCUT2D eigenvalue weighted by Gasteiger charge is -2.33. The number of nitrogens with zero attached hydrogens (tertiary/aromatic N) is 5. The Kier molecular flexibility index (Phi) is 4.65. The van der Waals surface area contributed by atoms with Gasteiger partial charge in [-0.1, -0.05) is 0 Å². The van der Waals surface area contributed by atoms with Crippen LogP contribution in [0.5, 0.6) is 0 Å². The number of aromatic nitrogens is 3. The Morgan fingerprint density at radius 1 is 1.11 bits per heavy atom. The molecule has 2 aromatic rings. The predicted molar refractivity (Wildman–Crippen MR) is 101 cm³/mol. The van der Waals surface area contributed by atoms with Gasteiger partial charge in [-0.3, -0.25) is 19.1 Å². The second-order valence-electron chi connectivity index (χ2n) is 7.17. The molecule has 1 fully saturated rings. The van der Waals surface area contributed by atoms with Crippen LogP contribution >= 0.6 is 0 Å². The third kappa shape index (κ3) is 3.57. The number of piperazine rings is 1. The van der Waals surface area contributed by atoms with Gasteiger partial charge >= 0.3 is 0 Å². The number of carbonyl (C=O) groups excluding carboxylic acids is 2. The van der Waals surface area contributed by atoms with Crippen molar-refractivity contribution in [1.82, 2.24) is 24.6 Å². The van der Waals surface area contributed by atoms with Gasteiger partial charge in [-0.15, -0.1) is 10.2 Å². The van der Waals surface area contributed by atoms with Gasteiger partial charge in [0.25, 0.3) is 0 Å². The van der Waals surface area contributed by atoms with E-state index >= 15 is 0 Å². The van der Waals surface area contributed by atoms with Crippen LogP contribution in [-0.2, 0) is 22.4 Å². The second kappa shape index (κ2) is 7.11. The fraction of sp³-hybridized carbons (Fsp3) is 0.474. The minimum atomic E-state index is -0.0248. The molecule has 1 aromatic heterocycles. The molecule has 2 aliphatic heterocycles. The Labute approximate surface area is 158 Å². The Hall–Kier alpha value is -2.74. The van der Waals surface area contributed by atoms with E-state index in [9.17, 15) is 9.59 Å². The SMILES string of the molecule is CC(=O)N1CCN(CC(=O)Nc2ccc3c(c2)CCc2nnc(C)n2-3)CC1. The molecule has 0 unspecified atom stereocenters. The maximum Gasteiger partial charge on any atom is 0.238 e. The van der Waals surface area contributed by atoms with Crippen molar-refractivity contribution in [3.05, 3.63) is 35.4 Å². The van der Waals surface area contributed by atoms with Crippen molar-refractivity contribution in [3.8, 4) is 5.69 Å². The fourth-order valence-corrected chi connectivity index (χ4v) is 3.83. The van der Waals surface area contributed by atoms with Gasteiger partial charge in [0.15, 0.2) is 0 Å². The highest BCUT2D eigenvalue weighted by molar-refractivity contribution is 5.92. The summed E-state index contributed by atoms with van der Waals surface area (Å²) in [5.74, 6) is 1.94. The number of fused-ring (bicyclic) bond motifs is 3. The summed E-state index contributed by atoms with van der Waals surface area (Å²) in [6.45, 7) is 6.71. The summed E-state index contributed by atoms with van der Waals surface area (Å²) in [5.41, 5.74) is 3.10. The Bertz CT molecular complexity index is 882. The third-order valence-electron chi connectivity index (χ3n) is 5.30. The summed E-state index contributed by atoms with van der Waals surface area (Å²) in [6, 6.07) is 6.00. The quantitative estimate of drug-likeness (QED) is 0.866. The van der Waals surface area contributed by atoms with E-state index in [0.29, 0.717) is 19.6 Å². The minimum absolute atomic E-state index is 0.0248. The average Bonchev–Trinajstić information content (AvgIpc) is 3.03.